The summed E-state index contributed by atoms with van der Waals surface area (Å²) in [7, 11) is 0. The van der Waals surface area contributed by atoms with Gasteiger partial charge in [0.05, 0.1) is 0 Å². The van der Waals surface area contributed by atoms with E-state index in [1.807, 2.05) is 0 Å². The van der Waals surface area contributed by atoms with Crippen LogP contribution in [0.4, 0.5) is 0 Å². The van der Waals surface area contributed by atoms with Crippen LogP contribution in [0, 0.1) is 13.8 Å². The maximum atomic E-state index is 2.29. The summed E-state index contributed by atoms with van der Waals surface area (Å²) in [5.74, 6) is 0.609. The van der Waals surface area contributed by atoms with E-state index in [0.29, 0.717) is 9.54 Å². The molecule has 0 saturated heterocycles. The van der Waals surface area contributed by atoms with E-state index in [1.165, 1.54) is 62.1 Å². The fourth-order valence-electron chi connectivity index (χ4n) is 5.41. The summed E-state index contributed by atoms with van der Waals surface area (Å²) in [6, 6.07) is 31.0. The molecule has 0 heterocycles. The predicted molar refractivity (Wildman–Crippen MR) is 127 cm³/mol. The molecule has 4 aromatic carbocycles. The van der Waals surface area contributed by atoms with Gasteiger partial charge in [0.25, 0.3) is 0 Å². The van der Waals surface area contributed by atoms with E-state index < -0.39 is 0 Å². The van der Waals surface area contributed by atoms with Crippen molar-refractivity contribution < 1.29 is 49.5 Å². The molecule has 0 atom stereocenters. The summed E-state index contributed by atoms with van der Waals surface area (Å²) in [5, 5.41) is 0. The Morgan fingerprint density at radius 1 is 0.576 bits per heavy atom. The zero-order valence-corrected chi connectivity index (χ0v) is 23.2. The molecule has 6 rings (SSSR count). The van der Waals surface area contributed by atoms with Crippen molar-refractivity contribution in [2.45, 2.75) is 36.7 Å². The fourth-order valence-corrected chi connectivity index (χ4v) is 6.59. The van der Waals surface area contributed by atoms with Crippen molar-refractivity contribution in [2.75, 3.05) is 0 Å². The molecule has 0 aliphatic heterocycles. The fraction of sp³-hybridized carbons (Fsp3) is 0.200. The molecule has 2 aliphatic rings. The molecule has 0 N–H and O–H groups in total. The molecule has 0 spiro atoms. The van der Waals surface area contributed by atoms with Gasteiger partial charge in [0.1, 0.15) is 0 Å². The molecule has 2 aliphatic carbocycles. The first-order valence-electron chi connectivity index (χ1n) is 11.2. The topological polar surface area (TPSA) is 0 Å². The average molecular weight is 550 g/mol. The van der Waals surface area contributed by atoms with Gasteiger partial charge in [-0.2, -0.15) is 0 Å². The van der Waals surface area contributed by atoms with Gasteiger partial charge in [0, 0.05) is 5.92 Å². The second-order valence-corrected chi connectivity index (χ2v) is 10.1. The normalized spacial score (nSPS) is 12.9. The molecule has 0 radical (unpaired) electrons. The quantitative estimate of drug-likeness (QED) is 0.342. The number of hydrogen-bond acceptors (Lipinski definition) is 0. The zero-order valence-electron chi connectivity index (χ0n) is 19.2. The number of halogens is 2. The maximum absolute atomic E-state index is 2.29. The van der Waals surface area contributed by atoms with Gasteiger partial charge in [-0.3, -0.25) is 0 Å². The predicted octanol–water partition coefficient (Wildman–Crippen LogP) is 2.14. The molecule has 3 heteroatoms. The molecule has 33 heavy (non-hydrogen) atoms. The van der Waals surface area contributed by atoms with Crippen LogP contribution in [0.15, 0.2) is 84.9 Å². The van der Waals surface area contributed by atoms with Crippen LogP contribution in [-0.2, 0) is 24.7 Å². The second-order valence-electron chi connectivity index (χ2n) is 8.65. The summed E-state index contributed by atoms with van der Waals surface area (Å²) in [6.45, 7) is 6.72. The van der Waals surface area contributed by atoms with Crippen LogP contribution in [0.25, 0.3) is 22.3 Å². The molecule has 0 unspecified atom stereocenters. The molecule has 165 valence electrons. The van der Waals surface area contributed by atoms with E-state index in [2.05, 4.69) is 106 Å². The summed E-state index contributed by atoms with van der Waals surface area (Å²) >= 11 is 1.59. The van der Waals surface area contributed by atoms with E-state index >= 15 is 0 Å². The minimum Gasteiger partial charge on any atom is -1.00 e. The number of fused-ring (bicyclic) bond motifs is 6. The van der Waals surface area contributed by atoms with E-state index in [4.69, 9.17) is 0 Å². The van der Waals surface area contributed by atoms with Crippen molar-refractivity contribution in [2.24, 2.45) is 0 Å². The summed E-state index contributed by atoms with van der Waals surface area (Å²) in [5.41, 5.74) is 14.7. The molecule has 0 nitrogen and oxygen atoms in total. The largest absolute Gasteiger partial charge is 1.00 e. The molecule has 0 bridgehead atoms. The molecule has 4 aromatic rings. The Hall–Kier alpha value is -1.66. The van der Waals surface area contributed by atoms with E-state index in [1.54, 1.807) is 24.7 Å². The molecule has 0 saturated carbocycles. The Kier molecular flexibility index (Phi) is 8.44. The van der Waals surface area contributed by atoms with Gasteiger partial charge in [0.15, 0.2) is 0 Å². The molecule has 0 amide bonds. The van der Waals surface area contributed by atoms with Gasteiger partial charge in [-0.25, -0.2) is 0 Å². The standard InChI is InChI=1S/C15H13.C15H14.2ClH.Zr/c1-10-5-3-7-12-9-13-8-4-6-11(2)15(13)14(10)12;1-2-11-12-7-3-5-9-14(12)15-10-6-4-8-13(11)15;;;/h3-9H,1-2H3;3-11H,2H2,1H3;2*1H;/q;;;;+2/p-2. The van der Waals surface area contributed by atoms with Crippen LogP contribution in [0.1, 0.15) is 56.3 Å². The smallest absolute Gasteiger partial charge is 1.00 e. The molecular formula is C30H27Cl2Zr. The maximum Gasteiger partial charge on any atom is -1.00 e. The monoisotopic (exact) mass is 547 g/mol. The van der Waals surface area contributed by atoms with Gasteiger partial charge in [-0.1, -0.05) is 55.5 Å². The third-order valence-electron chi connectivity index (χ3n) is 6.85. The SMILES string of the molecule is CCC1c2ccccc2-c2ccccc21.Cc1cccc2c1-c1c(C)cccc1[CH]2[Zr+2].[Cl-].[Cl-]. The second kappa shape index (κ2) is 10.7. The minimum atomic E-state index is 0. The van der Waals surface area contributed by atoms with Crippen molar-refractivity contribution in [1.82, 2.24) is 0 Å². The Bertz CT molecular complexity index is 1180. The Balaban J connectivity index is 0.000000175. The summed E-state index contributed by atoms with van der Waals surface area (Å²) in [4.78, 5) is 0. The van der Waals surface area contributed by atoms with Crippen LogP contribution in [0.3, 0.4) is 0 Å². The third-order valence-corrected chi connectivity index (χ3v) is 8.38. The minimum absolute atomic E-state index is 0. The van der Waals surface area contributed by atoms with E-state index in [-0.39, 0.29) is 24.8 Å². The van der Waals surface area contributed by atoms with Gasteiger partial charge >= 0.3 is 112 Å². The Morgan fingerprint density at radius 3 is 1.39 bits per heavy atom. The van der Waals surface area contributed by atoms with Crippen LogP contribution in [0.5, 0.6) is 0 Å². The zero-order chi connectivity index (χ0) is 21.5. The summed E-state index contributed by atoms with van der Waals surface area (Å²) < 4.78 is 0.636. The molecular weight excluding hydrogens is 522 g/mol. The molecule has 0 aromatic heterocycles. The van der Waals surface area contributed by atoms with Crippen molar-refractivity contribution in [3.63, 3.8) is 0 Å². The van der Waals surface area contributed by atoms with Crippen molar-refractivity contribution in [3.05, 3.63) is 118 Å². The third kappa shape index (κ3) is 4.41. The first-order chi connectivity index (χ1) is 15.1. The average Bonchev–Trinajstić information content (AvgIpc) is 3.28. The number of aryl methyl sites for hydroxylation is 2. The number of rotatable bonds is 1. The molecule has 0 fully saturated rings. The van der Waals surface area contributed by atoms with Gasteiger partial charge in [-0.05, 0) is 28.7 Å². The van der Waals surface area contributed by atoms with Gasteiger partial charge < -0.3 is 24.8 Å². The summed E-state index contributed by atoms with van der Waals surface area (Å²) in [6.07, 6.45) is 1.19. The first kappa shape index (κ1) is 26.0. The number of benzene rings is 4. The van der Waals surface area contributed by atoms with Crippen molar-refractivity contribution in [1.29, 1.82) is 0 Å². The Labute approximate surface area is 225 Å². The van der Waals surface area contributed by atoms with E-state index in [0.717, 1.165) is 0 Å². The van der Waals surface area contributed by atoms with Crippen molar-refractivity contribution >= 4 is 0 Å². The Morgan fingerprint density at radius 2 is 0.970 bits per heavy atom. The van der Waals surface area contributed by atoms with Crippen LogP contribution in [-0.4, -0.2) is 0 Å². The van der Waals surface area contributed by atoms with E-state index in [9.17, 15) is 0 Å². The van der Waals surface area contributed by atoms with Crippen LogP contribution >= 0.6 is 0 Å². The number of hydrogen-bond donors (Lipinski definition) is 0. The van der Waals surface area contributed by atoms with Crippen LogP contribution < -0.4 is 24.8 Å². The first-order valence-corrected chi connectivity index (χ1v) is 12.6. The van der Waals surface area contributed by atoms with Crippen LogP contribution in [0.2, 0.25) is 0 Å². The van der Waals surface area contributed by atoms with Crippen molar-refractivity contribution in [3.8, 4) is 22.3 Å². The van der Waals surface area contributed by atoms with Gasteiger partial charge in [-0.15, -0.1) is 0 Å². The van der Waals surface area contributed by atoms with Gasteiger partial charge in [0.2, 0.25) is 0 Å².